The Morgan fingerprint density at radius 3 is 2.54 bits per heavy atom. The molecule has 182 valence electrons. The monoisotopic (exact) mass is 474 g/mol. The highest BCUT2D eigenvalue weighted by Crippen LogP contribution is 2.27. The number of piperidine rings is 1. The third kappa shape index (κ3) is 7.01. The fourth-order valence-corrected chi connectivity index (χ4v) is 3.81. The van der Waals surface area contributed by atoms with Gasteiger partial charge in [-0.25, -0.2) is 0 Å². The van der Waals surface area contributed by atoms with E-state index in [2.05, 4.69) is 10.6 Å². The van der Waals surface area contributed by atoms with Gasteiger partial charge in [-0.2, -0.15) is 0 Å². The quantitative estimate of drug-likeness (QED) is 0.388. The van der Waals surface area contributed by atoms with Gasteiger partial charge in [-0.05, 0) is 80.0 Å². The molecule has 3 N–H and O–H groups in total. The normalized spacial score (nSPS) is 14.0. The third-order valence-corrected chi connectivity index (χ3v) is 5.71. The number of methoxy groups -OCH3 is 1. The second-order valence-corrected chi connectivity index (χ2v) is 8.24. The van der Waals surface area contributed by atoms with Gasteiger partial charge in [0.05, 0.1) is 7.11 Å². The Morgan fingerprint density at radius 2 is 1.80 bits per heavy atom. The lowest BCUT2D eigenvalue weighted by Gasteiger charge is -2.23. The largest absolute Gasteiger partial charge is 0.504 e. The number of phenolic OH excluding ortho intramolecular Hbond substituents is 1. The van der Waals surface area contributed by atoms with E-state index in [0.717, 1.165) is 43.0 Å². The van der Waals surface area contributed by atoms with Crippen molar-refractivity contribution in [3.63, 3.8) is 0 Å². The maximum Gasteiger partial charge on any atom is 0.248 e. The SMILES string of the molecule is COc1ccc(C=CC(=O)Nc2ccccc2COc2ccc(OC3CCNCC3)cc2)cc1O. The summed E-state index contributed by atoms with van der Waals surface area (Å²) in [6, 6.07) is 20.1. The molecule has 0 radical (unpaired) electrons. The van der Waals surface area contributed by atoms with Crippen LogP contribution in [0.2, 0.25) is 0 Å². The molecule has 0 saturated carbocycles. The molecule has 3 aromatic carbocycles. The van der Waals surface area contributed by atoms with Gasteiger partial charge in [-0.3, -0.25) is 4.79 Å². The molecule has 1 amide bonds. The molecule has 0 aliphatic carbocycles. The van der Waals surface area contributed by atoms with Crippen LogP contribution in [-0.4, -0.2) is 37.3 Å². The Kier molecular flexibility index (Phi) is 8.25. The van der Waals surface area contributed by atoms with Gasteiger partial charge in [0.1, 0.15) is 24.2 Å². The van der Waals surface area contributed by atoms with E-state index in [4.69, 9.17) is 14.2 Å². The summed E-state index contributed by atoms with van der Waals surface area (Å²) in [7, 11) is 1.49. The molecule has 7 nitrogen and oxygen atoms in total. The summed E-state index contributed by atoms with van der Waals surface area (Å²) >= 11 is 0. The number of anilines is 1. The molecule has 0 spiro atoms. The van der Waals surface area contributed by atoms with Crippen molar-refractivity contribution in [3.05, 3.63) is 83.9 Å². The number of nitrogens with one attached hydrogen (secondary N) is 2. The molecule has 1 fully saturated rings. The van der Waals surface area contributed by atoms with E-state index in [1.165, 1.54) is 19.3 Å². The summed E-state index contributed by atoms with van der Waals surface area (Å²) in [5.41, 5.74) is 2.21. The van der Waals surface area contributed by atoms with Gasteiger partial charge in [-0.1, -0.05) is 24.3 Å². The van der Waals surface area contributed by atoms with Crippen molar-refractivity contribution in [2.45, 2.75) is 25.6 Å². The number of carbonyl (C=O) groups is 1. The fraction of sp³-hybridized carbons (Fsp3) is 0.250. The standard InChI is InChI=1S/C28H30N2O5/c1-33-27-12-6-20(18-26(27)31)7-13-28(32)30-25-5-3-2-4-21(25)19-34-22-8-10-23(11-9-22)35-24-14-16-29-17-15-24/h2-13,18,24,29,31H,14-17,19H2,1H3,(H,30,32). The van der Waals surface area contributed by atoms with E-state index < -0.39 is 0 Å². The lowest BCUT2D eigenvalue weighted by Crippen LogP contribution is -2.34. The van der Waals surface area contributed by atoms with Gasteiger partial charge < -0.3 is 30.0 Å². The van der Waals surface area contributed by atoms with Crippen molar-refractivity contribution in [1.82, 2.24) is 5.32 Å². The number of para-hydroxylation sites is 1. The van der Waals surface area contributed by atoms with Crippen molar-refractivity contribution >= 4 is 17.7 Å². The molecule has 35 heavy (non-hydrogen) atoms. The average molecular weight is 475 g/mol. The Hall–Kier alpha value is -3.97. The molecule has 3 aromatic rings. The van der Waals surface area contributed by atoms with Crippen LogP contribution in [0.4, 0.5) is 5.69 Å². The van der Waals surface area contributed by atoms with E-state index >= 15 is 0 Å². The first-order valence-corrected chi connectivity index (χ1v) is 11.6. The van der Waals surface area contributed by atoms with Gasteiger partial charge in [0, 0.05) is 17.3 Å². The highest BCUT2D eigenvalue weighted by atomic mass is 16.5. The maximum absolute atomic E-state index is 12.5. The second-order valence-electron chi connectivity index (χ2n) is 8.24. The molecule has 4 rings (SSSR count). The van der Waals surface area contributed by atoms with Gasteiger partial charge in [0.2, 0.25) is 5.91 Å². The minimum absolute atomic E-state index is 0.0171. The molecule has 1 aliphatic rings. The number of hydrogen-bond donors (Lipinski definition) is 3. The second kappa shape index (κ2) is 11.9. The van der Waals surface area contributed by atoms with Crippen LogP contribution in [0.1, 0.15) is 24.0 Å². The lowest BCUT2D eigenvalue weighted by atomic mass is 10.1. The van der Waals surface area contributed by atoms with Crippen molar-refractivity contribution in [2.24, 2.45) is 0 Å². The van der Waals surface area contributed by atoms with Gasteiger partial charge >= 0.3 is 0 Å². The summed E-state index contributed by atoms with van der Waals surface area (Å²) in [6.07, 6.45) is 5.32. The number of carbonyl (C=O) groups excluding carboxylic acids is 1. The molecule has 0 atom stereocenters. The molecule has 1 heterocycles. The summed E-state index contributed by atoms with van der Waals surface area (Å²) in [6.45, 7) is 2.28. The van der Waals surface area contributed by atoms with Crippen molar-refractivity contribution in [2.75, 3.05) is 25.5 Å². The van der Waals surface area contributed by atoms with E-state index in [1.54, 1.807) is 18.2 Å². The van der Waals surface area contributed by atoms with E-state index in [1.807, 2.05) is 48.5 Å². The summed E-state index contributed by atoms with van der Waals surface area (Å²) in [5.74, 6) is 1.68. The highest BCUT2D eigenvalue weighted by Gasteiger charge is 2.14. The van der Waals surface area contributed by atoms with Crippen molar-refractivity contribution < 1.29 is 24.1 Å². The van der Waals surface area contributed by atoms with E-state index in [0.29, 0.717) is 23.6 Å². The average Bonchev–Trinajstić information content (AvgIpc) is 2.88. The van der Waals surface area contributed by atoms with Crippen molar-refractivity contribution in [3.8, 4) is 23.0 Å². The van der Waals surface area contributed by atoms with Crippen LogP contribution in [0.3, 0.4) is 0 Å². The fourth-order valence-electron chi connectivity index (χ4n) is 3.81. The minimum Gasteiger partial charge on any atom is -0.504 e. The summed E-state index contributed by atoms with van der Waals surface area (Å²) in [4.78, 5) is 12.5. The molecular weight excluding hydrogens is 444 g/mol. The molecule has 0 unspecified atom stereocenters. The van der Waals surface area contributed by atoms with Crippen LogP contribution >= 0.6 is 0 Å². The number of benzene rings is 3. The zero-order valence-corrected chi connectivity index (χ0v) is 19.7. The molecule has 0 aromatic heterocycles. The first kappa shape index (κ1) is 24.2. The Morgan fingerprint density at radius 1 is 1.06 bits per heavy atom. The number of amides is 1. The van der Waals surface area contributed by atoms with E-state index in [9.17, 15) is 9.90 Å². The highest BCUT2D eigenvalue weighted by molar-refractivity contribution is 6.02. The van der Waals surface area contributed by atoms with Gasteiger partial charge in [-0.15, -0.1) is 0 Å². The molecule has 7 heteroatoms. The Balaban J connectivity index is 1.32. The van der Waals surface area contributed by atoms with Crippen LogP contribution in [0.5, 0.6) is 23.0 Å². The topological polar surface area (TPSA) is 89.1 Å². The van der Waals surface area contributed by atoms with Crippen LogP contribution in [0.15, 0.2) is 72.8 Å². The van der Waals surface area contributed by atoms with Crippen LogP contribution in [0.25, 0.3) is 6.08 Å². The first-order valence-electron chi connectivity index (χ1n) is 11.6. The summed E-state index contributed by atoms with van der Waals surface area (Å²) in [5, 5.41) is 16.1. The van der Waals surface area contributed by atoms with Crippen LogP contribution < -0.4 is 24.8 Å². The van der Waals surface area contributed by atoms with E-state index in [-0.39, 0.29) is 17.8 Å². The van der Waals surface area contributed by atoms with Crippen molar-refractivity contribution in [1.29, 1.82) is 0 Å². The molecule has 0 bridgehead atoms. The van der Waals surface area contributed by atoms with Gasteiger partial charge in [0.25, 0.3) is 0 Å². The minimum atomic E-state index is -0.285. The summed E-state index contributed by atoms with van der Waals surface area (Å²) < 4.78 is 17.0. The maximum atomic E-state index is 12.5. The Labute approximate surface area is 205 Å². The van der Waals surface area contributed by atoms with Crippen LogP contribution in [0, 0.1) is 0 Å². The number of rotatable bonds is 9. The van der Waals surface area contributed by atoms with Gasteiger partial charge in [0.15, 0.2) is 11.5 Å². The lowest BCUT2D eigenvalue weighted by molar-refractivity contribution is -0.111. The molecule has 1 aliphatic heterocycles. The molecular formula is C28H30N2O5. The molecule has 1 saturated heterocycles. The first-order chi connectivity index (χ1) is 17.1. The Bertz CT molecular complexity index is 1150. The smallest absolute Gasteiger partial charge is 0.248 e. The zero-order valence-electron chi connectivity index (χ0n) is 19.7. The zero-order chi connectivity index (χ0) is 24.5. The number of ether oxygens (including phenoxy) is 3. The predicted molar refractivity (Wildman–Crippen MR) is 136 cm³/mol. The number of aromatic hydroxyl groups is 1. The third-order valence-electron chi connectivity index (χ3n) is 5.71. The van der Waals surface area contributed by atoms with Crippen LogP contribution in [-0.2, 0) is 11.4 Å². The number of hydrogen-bond acceptors (Lipinski definition) is 6. The predicted octanol–water partition coefficient (Wildman–Crippen LogP) is 4.76. The number of phenols is 1.